The topological polar surface area (TPSA) is 92.3 Å². The summed E-state index contributed by atoms with van der Waals surface area (Å²) < 4.78 is 5.10. The van der Waals surface area contributed by atoms with Crippen LogP contribution in [-0.4, -0.2) is 114 Å². The fourth-order valence-electron chi connectivity index (χ4n) is 1.54. The molecular formula is C14H37N5O3. The number of hydrogen-bond donors (Lipinski definition) is 5. The zero-order chi connectivity index (χ0) is 17.1. The minimum atomic E-state index is 0.233. The van der Waals surface area contributed by atoms with Crippen molar-refractivity contribution in [3.63, 3.8) is 0 Å². The fourth-order valence-corrected chi connectivity index (χ4v) is 1.54. The lowest BCUT2D eigenvalue weighted by Crippen LogP contribution is -2.40. The van der Waals surface area contributed by atoms with Gasteiger partial charge in [0.15, 0.2) is 0 Å². The largest absolute Gasteiger partial charge is 0.395 e. The number of hydroxylamine groups is 1. The molecular weight excluding hydrogens is 286 g/mol. The van der Waals surface area contributed by atoms with Gasteiger partial charge in [0.05, 0.1) is 19.8 Å². The highest BCUT2D eigenvalue weighted by molar-refractivity contribution is 4.62. The molecule has 0 radical (unpaired) electrons. The predicted molar refractivity (Wildman–Crippen MR) is 90.5 cm³/mol. The summed E-state index contributed by atoms with van der Waals surface area (Å²) in [5.41, 5.74) is 1.75. The maximum atomic E-state index is 8.00. The van der Waals surface area contributed by atoms with Crippen molar-refractivity contribution in [3.05, 3.63) is 0 Å². The van der Waals surface area contributed by atoms with Crippen molar-refractivity contribution >= 4 is 0 Å². The number of nitrogens with one attached hydrogen (secondary N) is 3. The first-order valence-electron chi connectivity index (χ1n) is 7.84. The average Bonchev–Trinajstić information content (AvgIpc) is 2.52. The van der Waals surface area contributed by atoms with Gasteiger partial charge in [0.2, 0.25) is 0 Å². The molecule has 2 aliphatic rings. The lowest BCUT2D eigenvalue weighted by Gasteiger charge is -2.21. The number of aliphatic hydroxyl groups excluding tert-OH is 1. The van der Waals surface area contributed by atoms with Gasteiger partial charge in [-0.1, -0.05) is 0 Å². The summed E-state index contributed by atoms with van der Waals surface area (Å²) in [5.74, 6) is 0. The standard InChI is InChI=1S/C5H12N2.C5H11NO.C3H9NO.CH5NO/c1-7-4-2-6-3-5-7;1-6-2-4-7-5-3-6;1-4-2-3-5;1-2-3/h6H,2-5H2,1H3;2-5H2,1H3;4-5H,2-3H2,1H3;2-3H,1H3. The molecule has 2 aliphatic heterocycles. The molecule has 0 saturated carbocycles. The van der Waals surface area contributed by atoms with Gasteiger partial charge in [-0.2, -0.15) is 0 Å². The molecule has 2 saturated heterocycles. The average molecular weight is 323 g/mol. The second-order valence-electron chi connectivity index (χ2n) is 5.02. The Hall–Kier alpha value is -0.320. The van der Waals surface area contributed by atoms with Gasteiger partial charge in [-0.15, -0.1) is 0 Å². The van der Waals surface area contributed by atoms with Crippen LogP contribution in [0, 0.1) is 0 Å². The maximum Gasteiger partial charge on any atom is 0.0594 e. The molecule has 2 fully saturated rings. The molecule has 136 valence electrons. The second-order valence-corrected chi connectivity index (χ2v) is 5.02. The van der Waals surface area contributed by atoms with Crippen molar-refractivity contribution in [2.24, 2.45) is 0 Å². The summed E-state index contributed by atoms with van der Waals surface area (Å²) in [6.07, 6.45) is 0. The SMILES string of the molecule is CN1CCNCC1.CN1CCOCC1.CNCCO.CNO. The molecule has 0 aliphatic carbocycles. The Balaban J connectivity index is 0. The zero-order valence-corrected chi connectivity index (χ0v) is 14.8. The van der Waals surface area contributed by atoms with Gasteiger partial charge in [0, 0.05) is 52.9 Å². The minimum absolute atomic E-state index is 0.233. The Bertz CT molecular complexity index is 171. The predicted octanol–water partition coefficient (Wildman–Crippen LogP) is -1.74. The third kappa shape index (κ3) is 22.0. The van der Waals surface area contributed by atoms with E-state index < -0.39 is 0 Å². The lowest BCUT2D eigenvalue weighted by molar-refractivity contribution is 0.0503. The van der Waals surface area contributed by atoms with E-state index in [1.807, 2.05) is 0 Å². The van der Waals surface area contributed by atoms with E-state index in [1.54, 1.807) is 12.5 Å². The quantitative estimate of drug-likeness (QED) is 0.383. The third-order valence-electron chi connectivity index (χ3n) is 2.94. The van der Waals surface area contributed by atoms with E-state index in [4.69, 9.17) is 15.1 Å². The molecule has 0 aromatic heterocycles. The molecule has 8 heteroatoms. The first-order chi connectivity index (χ1) is 10.6. The summed E-state index contributed by atoms with van der Waals surface area (Å²) in [6, 6.07) is 0. The summed E-state index contributed by atoms with van der Waals surface area (Å²) >= 11 is 0. The van der Waals surface area contributed by atoms with E-state index in [0.717, 1.165) is 39.4 Å². The van der Waals surface area contributed by atoms with Gasteiger partial charge in [-0.05, 0) is 21.1 Å². The first kappa shape index (κ1) is 23.9. The highest BCUT2D eigenvalue weighted by atomic mass is 16.5. The molecule has 2 heterocycles. The number of nitrogens with zero attached hydrogens (tertiary/aromatic N) is 2. The third-order valence-corrected chi connectivity index (χ3v) is 2.94. The lowest BCUT2D eigenvalue weighted by atomic mass is 10.4. The highest BCUT2D eigenvalue weighted by Gasteiger charge is 2.02. The van der Waals surface area contributed by atoms with E-state index in [2.05, 4.69) is 34.5 Å². The Morgan fingerprint density at radius 3 is 1.64 bits per heavy atom. The number of likely N-dealkylation sites (N-methyl/N-ethyl adjacent to an activating group) is 3. The van der Waals surface area contributed by atoms with Gasteiger partial charge in [0.1, 0.15) is 0 Å². The van der Waals surface area contributed by atoms with E-state index >= 15 is 0 Å². The van der Waals surface area contributed by atoms with Crippen LogP contribution >= 0.6 is 0 Å². The van der Waals surface area contributed by atoms with E-state index in [9.17, 15) is 0 Å². The van der Waals surface area contributed by atoms with Crippen molar-refractivity contribution in [2.45, 2.75) is 0 Å². The Morgan fingerprint density at radius 1 is 1.00 bits per heavy atom. The van der Waals surface area contributed by atoms with Crippen LogP contribution in [0.3, 0.4) is 0 Å². The minimum Gasteiger partial charge on any atom is -0.395 e. The van der Waals surface area contributed by atoms with Crippen LogP contribution in [0.25, 0.3) is 0 Å². The molecule has 22 heavy (non-hydrogen) atoms. The summed E-state index contributed by atoms with van der Waals surface area (Å²) in [6.45, 7) is 9.69. The smallest absolute Gasteiger partial charge is 0.0594 e. The number of piperazine rings is 1. The van der Waals surface area contributed by atoms with Crippen molar-refractivity contribution in [1.29, 1.82) is 0 Å². The van der Waals surface area contributed by atoms with Gasteiger partial charge in [-0.3, -0.25) is 0 Å². The second kappa shape index (κ2) is 20.7. The normalized spacial score (nSPS) is 18.8. The summed E-state index contributed by atoms with van der Waals surface area (Å²) in [5, 5.41) is 21.4. The van der Waals surface area contributed by atoms with Crippen LogP contribution < -0.4 is 16.1 Å². The van der Waals surface area contributed by atoms with Gasteiger partial charge in [0.25, 0.3) is 0 Å². The van der Waals surface area contributed by atoms with E-state index in [0.29, 0.717) is 6.54 Å². The van der Waals surface area contributed by atoms with Crippen molar-refractivity contribution < 1.29 is 15.1 Å². The van der Waals surface area contributed by atoms with Gasteiger partial charge in [-0.25, -0.2) is 5.48 Å². The van der Waals surface area contributed by atoms with Gasteiger partial charge < -0.3 is 35.5 Å². The van der Waals surface area contributed by atoms with Crippen molar-refractivity contribution in [2.75, 3.05) is 93.8 Å². The molecule has 2 rings (SSSR count). The number of rotatable bonds is 2. The number of ether oxygens (including phenoxy) is 1. The van der Waals surface area contributed by atoms with Crippen molar-refractivity contribution in [1.82, 2.24) is 25.9 Å². The summed E-state index contributed by atoms with van der Waals surface area (Å²) in [7, 11) is 7.50. The Morgan fingerprint density at radius 2 is 1.45 bits per heavy atom. The number of aliphatic hydroxyl groups is 1. The van der Waals surface area contributed by atoms with Crippen molar-refractivity contribution in [3.8, 4) is 0 Å². The molecule has 0 spiro atoms. The molecule has 5 N–H and O–H groups in total. The monoisotopic (exact) mass is 323 g/mol. The molecule has 0 aromatic carbocycles. The highest BCUT2D eigenvalue weighted by Crippen LogP contribution is 1.89. The zero-order valence-electron chi connectivity index (χ0n) is 14.8. The molecule has 8 nitrogen and oxygen atoms in total. The van der Waals surface area contributed by atoms with Crippen LogP contribution in [0.2, 0.25) is 0 Å². The Labute approximate surface area is 135 Å². The van der Waals surface area contributed by atoms with Crippen LogP contribution in [0.5, 0.6) is 0 Å². The molecule has 0 amide bonds. The molecule has 0 bridgehead atoms. The first-order valence-corrected chi connectivity index (χ1v) is 7.84. The van der Waals surface area contributed by atoms with Crippen LogP contribution in [0.4, 0.5) is 0 Å². The van der Waals surface area contributed by atoms with Gasteiger partial charge >= 0.3 is 0 Å². The van der Waals surface area contributed by atoms with Crippen LogP contribution in [0.15, 0.2) is 0 Å². The molecule has 0 unspecified atom stereocenters. The Kier molecular flexibility index (Phi) is 22.5. The van der Waals surface area contributed by atoms with E-state index in [1.165, 1.54) is 20.1 Å². The fraction of sp³-hybridized carbons (Fsp3) is 1.00. The van der Waals surface area contributed by atoms with Crippen LogP contribution in [0.1, 0.15) is 0 Å². The molecule has 0 aromatic rings. The van der Waals surface area contributed by atoms with E-state index in [-0.39, 0.29) is 6.61 Å². The number of hydrogen-bond acceptors (Lipinski definition) is 8. The summed E-state index contributed by atoms with van der Waals surface area (Å²) in [4.78, 5) is 4.60. The number of morpholine rings is 1. The maximum absolute atomic E-state index is 8.00. The molecule has 0 atom stereocenters. The van der Waals surface area contributed by atoms with Crippen LogP contribution in [-0.2, 0) is 4.74 Å².